The number of fused-ring (bicyclic) bond motifs is 1. The van der Waals surface area contributed by atoms with E-state index in [0.29, 0.717) is 11.3 Å². The van der Waals surface area contributed by atoms with Crippen LogP contribution in [-0.2, 0) is 10.0 Å². The number of carbonyl (C=O) groups is 1. The average molecular weight is 384 g/mol. The predicted molar refractivity (Wildman–Crippen MR) is 106 cm³/mol. The van der Waals surface area contributed by atoms with Gasteiger partial charge < -0.3 is 10.4 Å². The molecule has 0 spiro atoms. The number of hydrogen-bond acceptors (Lipinski definition) is 4. The number of rotatable bonds is 4. The Morgan fingerprint density at radius 3 is 2.26 bits per heavy atom. The number of aromatic hydroxyl groups is 1. The Labute approximate surface area is 158 Å². The average Bonchev–Trinajstić information content (AvgIpc) is 2.62. The number of carbonyl (C=O) groups excluding carboxylic acids is 1. The van der Waals surface area contributed by atoms with Gasteiger partial charge in [-0.2, -0.15) is 0 Å². The third-order valence-corrected chi connectivity index (χ3v) is 6.27. The minimum Gasteiger partial charge on any atom is -0.507 e. The van der Waals surface area contributed by atoms with Gasteiger partial charge in [-0.25, -0.2) is 12.7 Å². The van der Waals surface area contributed by atoms with E-state index in [4.69, 9.17) is 0 Å². The maximum absolute atomic E-state index is 12.6. The van der Waals surface area contributed by atoms with Crippen LogP contribution in [0.5, 0.6) is 5.75 Å². The molecule has 0 heterocycles. The fraction of sp³-hybridized carbons (Fsp3) is 0.150. The molecule has 0 atom stereocenters. The molecule has 3 aromatic carbocycles. The van der Waals surface area contributed by atoms with Crippen LogP contribution in [0.3, 0.4) is 0 Å². The van der Waals surface area contributed by atoms with Gasteiger partial charge in [-0.3, -0.25) is 4.79 Å². The Bertz CT molecular complexity index is 1140. The Morgan fingerprint density at radius 1 is 1.00 bits per heavy atom. The number of benzene rings is 3. The SMILES string of the molecule is Cc1ccc(NC(=O)c2cc3ccccc3cc2O)cc1S(=O)(=O)N(C)C. The minimum atomic E-state index is -3.63. The summed E-state index contributed by atoms with van der Waals surface area (Å²) in [7, 11) is -0.732. The molecular weight excluding hydrogens is 364 g/mol. The van der Waals surface area contributed by atoms with Crippen molar-refractivity contribution in [3.63, 3.8) is 0 Å². The Kier molecular flexibility index (Phi) is 4.91. The van der Waals surface area contributed by atoms with Gasteiger partial charge in [0, 0.05) is 19.8 Å². The molecular formula is C20H20N2O4S. The molecule has 0 aliphatic heterocycles. The van der Waals surface area contributed by atoms with Crippen LogP contribution in [0.25, 0.3) is 10.8 Å². The van der Waals surface area contributed by atoms with Crippen molar-refractivity contribution in [1.82, 2.24) is 4.31 Å². The van der Waals surface area contributed by atoms with Gasteiger partial charge in [0.2, 0.25) is 10.0 Å². The number of sulfonamides is 1. The van der Waals surface area contributed by atoms with Crippen molar-refractivity contribution in [3.8, 4) is 5.75 Å². The highest BCUT2D eigenvalue weighted by Gasteiger charge is 2.21. The molecule has 0 saturated heterocycles. The van der Waals surface area contributed by atoms with E-state index >= 15 is 0 Å². The fourth-order valence-electron chi connectivity index (χ4n) is 2.76. The second kappa shape index (κ2) is 7.02. The molecule has 0 bridgehead atoms. The number of anilines is 1. The molecule has 0 fully saturated rings. The van der Waals surface area contributed by atoms with Crippen molar-refractivity contribution < 1.29 is 18.3 Å². The van der Waals surface area contributed by atoms with Gasteiger partial charge in [0.1, 0.15) is 5.75 Å². The normalized spacial score (nSPS) is 11.7. The van der Waals surface area contributed by atoms with E-state index in [1.807, 2.05) is 24.3 Å². The number of nitrogens with zero attached hydrogens (tertiary/aromatic N) is 1. The maximum atomic E-state index is 12.6. The van der Waals surface area contributed by atoms with Gasteiger partial charge in [-0.15, -0.1) is 0 Å². The van der Waals surface area contributed by atoms with Crippen LogP contribution in [0.15, 0.2) is 59.5 Å². The van der Waals surface area contributed by atoms with E-state index in [1.165, 1.54) is 26.2 Å². The molecule has 0 aromatic heterocycles. The lowest BCUT2D eigenvalue weighted by Gasteiger charge is -2.15. The second-order valence-electron chi connectivity index (χ2n) is 6.44. The smallest absolute Gasteiger partial charge is 0.259 e. The summed E-state index contributed by atoms with van der Waals surface area (Å²) >= 11 is 0. The lowest BCUT2D eigenvalue weighted by Crippen LogP contribution is -2.23. The number of aryl methyl sites for hydroxylation is 1. The lowest BCUT2D eigenvalue weighted by molar-refractivity contribution is 0.102. The van der Waals surface area contributed by atoms with Gasteiger partial charge in [0.25, 0.3) is 5.91 Å². The zero-order valence-corrected chi connectivity index (χ0v) is 16.0. The molecule has 1 amide bonds. The van der Waals surface area contributed by atoms with Crippen molar-refractivity contribution in [2.45, 2.75) is 11.8 Å². The molecule has 0 radical (unpaired) electrons. The first kappa shape index (κ1) is 18.9. The van der Waals surface area contributed by atoms with E-state index in [-0.39, 0.29) is 16.2 Å². The Hall–Kier alpha value is -2.90. The predicted octanol–water partition coefficient (Wildman–Crippen LogP) is 3.36. The molecule has 0 aliphatic carbocycles. The molecule has 3 aromatic rings. The Morgan fingerprint density at radius 2 is 1.63 bits per heavy atom. The summed E-state index contributed by atoms with van der Waals surface area (Å²) in [4.78, 5) is 12.7. The minimum absolute atomic E-state index is 0.117. The topological polar surface area (TPSA) is 86.7 Å². The van der Waals surface area contributed by atoms with Gasteiger partial charge in [-0.1, -0.05) is 30.3 Å². The second-order valence-corrected chi connectivity index (χ2v) is 8.56. The third-order valence-electron chi connectivity index (χ3n) is 4.31. The molecule has 140 valence electrons. The third kappa shape index (κ3) is 3.65. The zero-order valence-electron chi connectivity index (χ0n) is 15.2. The molecule has 0 aliphatic rings. The molecule has 2 N–H and O–H groups in total. The molecule has 0 unspecified atom stereocenters. The van der Waals surface area contributed by atoms with Gasteiger partial charge >= 0.3 is 0 Å². The molecule has 3 rings (SSSR count). The number of amides is 1. The molecule has 0 saturated carbocycles. The summed E-state index contributed by atoms with van der Waals surface area (Å²) in [5.74, 6) is -0.658. The summed E-state index contributed by atoms with van der Waals surface area (Å²) in [6.07, 6.45) is 0. The molecule has 6 nitrogen and oxygen atoms in total. The highest BCUT2D eigenvalue weighted by atomic mass is 32.2. The number of nitrogens with one attached hydrogen (secondary N) is 1. The van der Waals surface area contributed by atoms with E-state index in [9.17, 15) is 18.3 Å². The van der Waals surface area contributed by atoms with Crippen molar-refractivity contribution in [1.29, 1.82) is 0 Å². The number of phenols is 1. The molecule has 27 heavy (non-hydrogen) atoms. The highest BCUT2D eigenvalue weighted by molar-refractivity contribution is 7.89. The summed E-state index contributed by atoms with van der Waals surface area (Å²) in [5, 5.41) is 14.5. The number of phenolic OH excluding ortho intramolecular Hbond substituents is 1. The first-order valence-corrected chi connectivity index (χ1v) is 9.70. The molecule has 7 heteroatoms. The largest absolute Gasteiger partial charge is 0.507 e. The van der Waals surface area contributed by atoms with Gasteiger partial charge in [0.05, 0.1) is 10.5 Å². The van der Waals surface area contributed by atoms with E-state index < -0.39 is 15.9 Å². The van der Waals surface area contributed by atoms with Crippen LogP contribution < -0.4 is 5.32 Å². The van der Waals surface area contributed by atoms with Crippen LogP contribution in [0.4, 0.5) is 5.69 Å². The van der Waals surface area contributed by atoms with Crippen molar-refractivity contribution in [3.05, 3.63) is 65.7 Å². The van der Waals surface area contributed by atoms with E-state index in [0.717, 1.165) is 15.1 Å². The standard InChI is InChI=1S/C20H20N2O4S/c1-13-8-9-16(12-19(13)27(25,26)22(2)3)21-20(24)17-10-14-6-4-5-7-15(14)11-18(17)23/h4-12,23H,1-3H3,(H,21,24). The fourth-order valence-corrected chi connectivity index (χ4v) is 3.91. The monoisotopic (exact) mass is 384 g/mol. The summed E-state index contributed by atoms with van der Waals surface area (Å²) in [6.45, 7) is 1.69. The first-order valence-electron chi connectivity index (χ1n) is 8.26. The quantitative estimate of drug-likeness (QED) is 0.722. The highest BCUT2D eigenvalue weighted by Crippen LogP contribution is 2.27. The zero-order chi connectivity index (χ0) is 19.8. The van der Waals surface area contributed by atoms with Crippen LogP contribution in [0, 0.1) is 6.92 Å². The Balaban J connectivity index is 1.96. The van der Waals surface area contributed by atoms with Gasteiger partial charge in [0.15, 0.2) is 0 Å². The van der Waals surface area contributed by atoms with Crippen molar-refractivity contribution in [2.24, 2.45) is 0 Å². The maximum Gasteiger partial charge on any atom is 0.259 e. The van der Waals surface area contributed by atoms with Gasteiger partial charge in [-0.05, 0) is 47.5 Å². The van der Waals surface area contributed by atoms with Crippen LogP contribution in [0.1, 0.15) is 15.9 Å². The van der Waals surface area contributed by atoms with Crippen LogP contribution in [0.2, 0.25) is 0 Å². The van der Waals surface area contributed by atoms with Crippen molar-refractivity contribution in [2.75, 3.05) is 19.4 Å². The van der Waals surface area contributed by atoms with E-state index in [1.54, 1.807) is 25.1 Å². The summed E-state index contributed by atoms with van der Waals surface area (Å²) < 4.78 is 26.0. The lowest BCUT2D eigenvalue weighted by atomic mass is 10.1. The van der Waals surface area contributed by atoms with Crippen LogP contribution >= 0.6 is 0 Å². The summed E-state index contributed by atoms with van der Waals surface area (Å²) in [6, 6.07) is 15.2. The van der Waals surface area contributed by atoms with E-state index in [2.05, 4.69) is 5.32 Å². The van der Waals surface area contributed by atoms with Crippen LogP contribution in [-0.4, -0.2) is 37.8 Å². The first-order chi connectivity index (χ1) is 12.7. The number of hydrogen-bond donors (Lipinski definition) is 2. The van der Waals surface area contributed by atoms with Crippen molar-refractivity contribution >= 4 is 32.4 Å². The summed E-state index contributed by atoms with van der Waals surface area (Å²) in [5.41, 5.74) is 1.03.